The minimum atomic E-state index is -0.533. The normalized spacial score (nSPS) is 14.5. The summed E-state index contributed by atoms with van der Waals surface area (Å²) in [6.07, 6.45) is 3.13. The average molecular weight is 232 g/mol. The maximum absolute atomic E-state index is 9.70. The van der Waals surface area contributed by atoms with Crippen molar-refractivity contribution in [1.82, 2.24) is 20.1 Å². The van der Waals surface area contributed by atoms with Crippen LogP contribution in [-0.4, -0.2) is 33.5 Å². The molecular weight excluding hydrogens is 216 g/mol. The Morgan fingerprint density at radius 3 is 2.65 bits per heavy atom. The summed E-state index contributed by atoms with van der Waals surface area (Å²) in [7, 11) is 1.83. The molecule has 90 valence electrons. The van der Waals surface area contributed by atoms with Crippen molar-refractivity contribution in [3.8, 4) is 0 Å². The maximum atomic E-state index is 9.70. The zero-order chi connectivity index (χ0) is 12.1. The molecule has 17 heavy (non-hydrogen) atoms. The Balaban J connectivity index is 2.32. The first-order valence-corrected chi connectivity index (χ1v) is 5.48. The summed E-state index contributed by atoms with van der Waals surface area (Å²) in [6.45, 7) is 0.525. The van der Waals surface area contributed by atoms with Crippen LogP contribution in [0.3, 0.4) is 0 Å². The monoisotopic (exact) mass is 232 g/mol. The fourth-order valence-corrected chi connectivity index (χ4v) is 1.88. The second-order valence-corrected chi connectivity index (χ2v) is 3.95. The number of hydrogen-bond donors (Lipinski definition) is 2. The minimum Gasteiger partial charge on any atom is -0.394 e. The molecule has 5 nitrogen and oxygen atoms in total. The lowest BCUT2D eigenvalue weighted by atomic mass is 9.91. The van der Waals surface area contributed by atoms with Gasteiger partial charge in [-0.2, -0.15) is 5.10 Å². The SMILES string of the molecule is CNC(CO)(Cn1cncn1)c1ccccc1. The van der Waals surface area contributed by atoms with Gasteiger partial charge in [0.25, 0.3) is 0 Å². The smallest absolute Gasteiger partial charge is 0.137 e. The van der Waals surface area contributed by atoms with E-state index in [-0.39, 0.29) is 6.61 Å². The predicted molar refractivity (Wildman–Crippen MR) is 64.3 cm³/mol. The first kappa shape index (κ1) is 11.8. The van der Waals surface area contributed by atoms with Crippen LogP contribution in [0, 0.1) is 0 Å². The minimum absolute atomic E-state index is 0.00657. The zero-order valence-electron chi connectivity index (χ0n) is 9.74. The highest BCUT2D eigenvalue weighted by Gasteiger charge is 2.30. The Kier molecular flexibility index (Phi) is 3.51. The lowest BCUT2D eigenvalue weighted by Gasteiger charge is -2.31. The van der Waals surface area contributed by atoms with Crippen molar-refractivity contribution in [2.75, 3.05) is 13.7 Å². The zero-order valence-corrected chi connectivity index (χ0v) is 9.74. The van der Waals surface area contributed by atoms with E-state index in [1.807, 2.05) is 37.4 Å². The van der Waals surface area contributed by atoms with Crippen LogP contribution in [0.2, 0.25) is 0 Å². The van der Waals surface area contributed by atoms with Crippen molar-refractivity contribution in [3.05, 3.63) is 48.5 Å². The molecule has 1 atom stereocenters. The van der Waals surface area contributed by atoms with Crippen molar-refractivity contribution in [2.45, 2.75) is 12.1 Å². The van der Waals surface area contributed by atoms with E-state index in [0.29, 0.717) is 6.54 Å². The molecule has 2 rings (SSSR count). The molecule has 1 aromatic carbocycles. The topological polar surface area (TPSA) is 63.0 Å². The van der Waals surface area contributed by atoms with E-state index in [9.17, 15) is 5.11 Å². The molecule has 0 fully saturated rings. The van der Waals surface area contributed by atoms with E-state index in [1.54, 1.807) is 11.0 Å². The molecule has 5 heteroatoms. The third-order valence-electron chi connectivity index (χ3n) is 2.97. The fraction of sp³-hybridized carbons (Fsp3) is 0.333. The van der Waals surface area contributed by atoms with Gasteiger partial charge in [-0.25, -0.2) is 4.98 Å². The van der Waals surface area contributed by atoms with Gasteiger partial charge in [-0.1, -0.05) is 30.3 Å². The largest absolute Gasteiger partial charge is 0.394 e. The molecule has 0 aliphatic rings. The number of benzene rings is 1. The van der Waals surface area contributed by atoms with Crippen LogP contribution < -0.4 is 5.32 Å². The Morgan fingerprint density at radius 1 is 1.35 bits per heavy atom. The molecular formula is C12H16N4O. The number of hydrogen-bond acceptors (Lipinski definition) is 4. The molecule has 0 saturated heterocycles. The maximum Gasteiger partial charge on any atom is 0.137 e. The van der Waals surface area contributed by atoms with Crippen molar-refractivity contribution in [1.29, 1.82) is 0 Å². The van der Waals surface area contributed by atoms with Crippen molar-refractivity contribution in [2.24, 2.45) is 0 Å². The molecule has 0 radical (unpaired) electrons. The van der Waals surface area contributed by atoms with E-state index in [0.717, 1.165) is 5.56 Å². The van der Waals surface area contributed by atoms with Gasteiger partial charge in [-0.05, 0) is 12.6 Å². The predicted octanol–water partition coefficient (Wildman–Crippen LogP) is 0.385. The summed E-state index contributed by atoms with van der Waals surface area (Å²) in [5, 5.41) is 17.0. The van der Waals surface area contributed by atoms with Crippen molar-refractivity contribution in [3.63, 3.8) is 0 Å². The van der Waals surface area contributed by atoms with Gasteiger partial charge >= 0.3 is 0 Å². The van der Waals surface area contributed by atoms with Gasteiger partial charge in [-0.3, -0.25) is 4.68 Å². The van der Waals surface area contributed by atoms with Crippen LogP contribution in [0.5, 0.6) is 0 Å². The number of aliphatic hydroxyl groups excluding tert-OH is 1. The summed E-state index contributed by atoms with van der Waals surface area (Å²) in [4.78, 5) is 3.91. The van der Waals surface area contributed by atoms with E-state index >= 15 is 0 Å². The number of aliphatic hydroxyl groups is 1. The van der Waals surface area contributed by atoms with Gasteiger partial charge in [0.05, 0.1) is 18.7 Å². The van der Waals surface area contributed by atoms with Crippen LogP contribution in [0.15, 0.2) is 43.0 Å². The second-order valence-electron chi connectivity index (χ2n) is 3.95. The van der Waals surface area contributed by atoms with E-state index in [1.165, 1.54) is 6.33 Å². The molecule has 0 bridgehead atoms. The third kappa shape index (κ3) is 2.35. The van der Waals surface area contributed by atoms with E-state index in [2.05, 4.69) is 15.4 Å². The molecule has 0 spiro atoms. The fourth-order valence-electron chi connectivity index (χ4n) is 1.88. The van der Waals surface area contributed by atoms with Crippen LogP contribution in [0.25, 0.3) is 0 Å². The van der Waals surface area contributed by atoms with Gasteiger partial charge in [0.1, 0.15) is 12.7 Å². The van der Waals surface area contributed by atoms with Crippen molar-refractivity contribution >= 4 is 0 Å². The lowest BCUT2D eigenvalue weighted by Crippen LogP contribution is -2.47. The summed E-state index contributed by atoms with van der Waals surface area (Å²) in [5.41, 5.74) is 0.495. The third-order valence-corrected chi connectivity index (χ3v) is 2.97. The molecule has 1 aromatic heterocycles. The van der Waals surface area contributed by atoms with E-state index < -0.39 is 5.54 Å². The number of rotatable bonds is 5. The van der Waals surface area contributed by atoms with Crippen LogP contribution in [0.1, 0.15) is 5.56 Å². The first-order valence-electron chi connectivity index (χ1n) is 5.48. The highest BCUT2D eigenvalue weighted by molar-refractivity contribution is 5.24. The van der Waals surface area contributed by atoms with Gasteiger partial charge in [-0.15, -0.1) is 0 Å². The van der Waals surface area contributed by atoms with Gasteiger partial charge < -0.3 is 10.4 Å². The number of nitrogens with one attached hydrogen (secondary N) is 1. The van der Waals surface area contributed by atoms with Gasteiger partial charge in [0, 0.05) is 0 Å². The van der Waals surface area contributed by atoms with Crippen LogP contribution in [0.4, 0.5) is 0 Å². The summed E-state index contributed by atoms with van der Waals surface area (Å²) in [5.74, 6) is 0. The summed E-state index contributed by atoms with van der Waals surface area (Å²) in [6, 6.07) is 9.85. The first-order chi connectivity index (χ1) is 8.30. The second kappa shape index (κ2) is 5.07. The number of nitrogens with zero attached hydrogens (tertiary/aromatic N) is 3. The molecule has 2 N–H and O–H groups in total. The Bertz CT molecular complexity index is 437. The van der Waals surface area contributed by atoms with Crippen molar-refractivity contribution < 1.29 is 5.11 Å². The Morgan fingerprint density at radius 2 is 2.12 bits per heavy atom. The molecule has 0 aliphatic heterocycles. The quantitative estimate of drug-likeness (QED) is 0.782. The summed E-state index contributed by atoms with van der Waals surface area (Å²) >= 11 is 0. The van der Waals surface area contributed by atoms with Gasteiger partial charge in [0.15, 0.2) is 0 Å². The molecule has 0 aliphatic carbocycles. The highest BCUT2D eigenvalue weighted by Crippen LogP contribution is 2.21. The van der Waals surface area contributed by atoms with Crippen LogP contribution in [-0.2, 0) is 12.1 Å². The number of likely N-dealkylation sites (N-methyl/N-ethyl adjacent to an activating group) is 1. The van der Waals surface area contributed by atoms with Crippen LogP contribution >= 0.6 is 0 Å². The standard InChI is InChI=1S/C12H16N4O/c1-13-12(8-17,7-16-10-14-9-15-16)11-5-3-2-4-6-11/h2-6,9-10,13,17H,7-8H2,1H3. The molecule has 0 amide bonds. The average Bonchev–Trinajstić information content (AvgIpc) is 2.90. The molecule has 1 unspecified atom stereocenters. The van der Waals surface area contributed by atoms with E-state index in [4.69, 9.17) is 0 Å². The molecule has 1 heterocycles. The highest BCUT2D eigenvalue weighted by atomic mass is 16.3. The summed E-state index contributed by atoms with van der Waals surface area (Å²) < 4.78 is 1.71. The lowest BCUT2D eigenvalue weighted by molar-refractivity contribution is 0.146. The van der Waals surface area contributed by atoms with Gasteiger partial charge in [0.2, 0.25) is 0 Å². The molecule has 0 saturated carbocycles. The Hall–Kier alpha value is -1.72. The molecule has 2 aromatic rings. The Labute approximate surface area is 100 Å². The number of aromatic nitrogens is 3.